The van der Waals surface area contributed by atoms with Crippen molar-refractivity contribution in [1.29, 1.82) is 0 Å². The maximum Gasteiger partial charge on any atom is 0.181 e. The second-order valence-electron chi connectivity index (χ2n) is 1.41. The van der Waals surface area contributed by atoms with E-state index in [2.05, 4.69) is 0 Å². The highest BCUT2D eigenvalue weighted by molar-refractivity contribution is 4.54. The topological polar surface area (TPSA) is 12.0 Å². The molecule has 0 aliphatic heterocycles. The molecule has 56 valence electrons. The quantitative estimate of drug-likeness (QED) is 0.461. The summed E-state index contributed by atoms with van der Waals surface area (Å²) in [5.74, 6) is 0. The molecule has 0 rings (SSSR count). The van der Waals surface area contributed by atoms with Crippen LogP contribution in [0.3, 0.4) is 0 Å². The molecule has 1 N–H and O–H groups in total. The molecule has 0 saturated carbocycles. The van der Waals surface area contributed by atoms with Crippen LogP contribution in [-0.4, -0.2) is 25.9 Å². The Hall–Kier alpha value is -0.320. The van der Waals surface area contributed by atoms with Gasteiger partial charge in [-0.25, -0.2) is 17.6 Å². The highest BCUT2D eigenvalue weighted by Crippen LogP contribution is 1.92. The van der Waals surface area contributed by atoms with Crippen LogP contribution < -0.4 is 5.32 Å². The molecular formula is C4H7F4N. The van der Waals surface area contributed by atoms with E-state index >= 15 is 0 Å². The zero-order valence-electron chi connectivity index (χ0n) is 4.58. The number of nitrogens with one attached hydrogen (secondary N) is 1. The molecule has 0 radical (unpaired) electrons. The zero-order valence-corrected chi connectivity index (χ0v) is 4.58. The summed E-state index contributed by atoms with van der Waals surface area (Å²) in [5, 5.41) is 1.40. The summed E-state index contributed by atoms with van der Waals surface area (Å²) in [6, 6.07) is 0. The molecule has 0 aliphatic carbocycles. The van der Waals surface area contributed by atoms with Crippen molar-refractivity contribution < 1.29 is 17.6 Å². The van der Waals surface area contributed by atoms with E-state index in [1.54, 1.807) is 0 Å². The Balaban J connectivity index is 3.22. The second-order valence-corrected chi connectivity index (χ2v) is 1.41. The number of rotatable bonds is 4. The lowest BCUT2D eigenvalue weighted by Crippen LogP contribution is -2.35. The van der Waals surface area contributed by atoms with Crippen LogP contribution in [0.5, 0.6) is 0 Å². The minimum absolute atomic E-state index is 1.35. The van der Waals surface area contributed by atoms with Crippen LogP contribution in [0.4, 0.5) is 17.6 Å². The van der Waals surface area contributed by atoms with E-state index in [0.29, 0.717) is 0 Å². The Labute approximate surface area is 50.0 Å². The van der Waals surface area contributed by atoms with Gasteiger partial charge in [-0.05, 0) is 0 Å². The van der Waals surface area contributed by atoms with Gasteiger partial charge in [0.15, 0.2) is 12.6 Å². The summed E-state index contributed by atoms with van der Waals surface area (Å²) >= 11 is 0. The second kappa shape index (κ2) is 4.55. The monoisotopic (exact) mass is 145 g/mol. The van der Waals surface area contributed by atoms with Gasteiger partial charge in [0.2, 0.25) is 0 Å². The molecule has 0 aromatic heterocycles. The number of halogens is 4. The molecule has 0 saturated heterocycles. The minimum Gasteiger partial charge on any atom is -0.253 e. The van der Waals surface area contributed by atoms with Crippen molar-refractivity contribution in [2.24, 2.45) is 0 Å². The van der Waals surface area contributed by atoms with E-state index < -0.39 is 25.9 Å². The fourth-order valence-corrected chi connectivity index (χ4v) is 0.285. The van der Waals surface area contributed by atoms with Crippen LogP contribution in [0.2, 0.25) is 0 Å². The van der Waals surface area contributed by atoms with E-state index in [1.807, 2.05) is 0 Å². The van der Waals surface area contributed by atoms with Crippen molar-refractivity contribution in [3.05, 3.63) is 0 Å². The number of hydrogen-bond acceptors (Lipinski definition) is 1. The Morgan fingerprint density at radius 1 is 1.00 bits per heavy atom. The standard InChI is InChI=1S/C4H7F4N/c5-1-3(7)9-4(8)2-6/h3-4,9H,1-2H2. The third-order valence-electron chi connectivity index (χ3n) is 0.633. The highest BCUT2D eigenvalue weighted by atomic mass is 19.2. The van der Waals surface area contributed by atoms with Crippen LogP contribution in [-0.2, 0) is 0 Å². The van der Waals surface area contributed by atoms with Crippen molar-refractivity contribution in [1.82, 2.24) is 5.32 Å². The first-order valence-electron chi connectivity index (χ1n) is 2.36. The molecule has 0 aromatic rings. The molecule has 5 heteroatoms. The molecule has 0 fully saturated rings. The highest BCUT2D eigenvalue weighted by Gasteiger charge is 2.11. The Morgan fingerprint density at radius 2 is 1.33 bits per heavy atom. The molecule has 9 heavy (non-hydrogen) atoms. The molecule has 0 aliphatic rings. The molecule has 2 unspecified atom stereocenters. The van der Waals surface area contributed by atoms with Gasteiger partial charge in [0.1, 0.15) is 13.3 Å². The Bertz CT molecular complexity index is 61.6. The van der Waals surface area contributed by atoms with Gasteiger partial charge in [0.25, 0.3) is 0 Å². The van der Waals surface area contributed by atoms with E-state index in [9.17, 15) is 17.6 Å². The first-order valence-corrected chi connectivity index (χ1v) is 2.36. The van der Waals surface area contributed by atoms with Gasteiger partial charge in [0, 0.05) is 0 Å². The summed E-state index contributed by atoms with van der Waals surface area (Å²) in [6.07, 6.45) is -4.20. The average Bonchev–Trinajstić information content (AvgIpc) is 1.87. The first-order chi connectivity index (χ1) is 4.20. The van der Waals surface area contributed by atoms with Gasteiger partial charge >= 0.3 is 0 Å². The maximum absolute atomic E-state index is 11.7. The summed E-state index contributed by atoms with van der Waals surface area (Å²) < 4.78 is 45.7. The third kappa shape index (κ3) is 4.20. The molecule has 0 spiro atoms. The van der Waals surface area contributed by atoms with Crippen molar-refractivity contribution in [2.45, 2.75) is 12.6 Å². The molecule has 0 bridgehead atoms. The van der Waals surface area contributed by atoms with Crippen molar-refractivity contribution >= 4 is 0 Å². The predicted molar refractivity (Wildman–Crippen MR) is 24.9 cm³/mol. The van der Waals surface area contributed by atoms with Crippen molar-refractivity contribution in [2.75, 3.05) is 13.3 Å². The van der Waals surface area contributed by atoms with Gasteiger partial charge in [-0.15, -0.1) is 0 Å². The summed E-state index contributed by atoms with van der Waals surface area (Å²) in [7, 11) is 0. The van der Waals surface area contributed by atoms with Crippen LogP contribution in [0.25, 0.3) is 0 Å². The SMILES string of the molecule is FCC(F)NC(F)CF. The number of alkyl halides is 4. The lowest BCUT2D eigenvalue weighted by molar-refractivity contribution is 0.123. The lowest BCUT2D eigenvalue weighted by atomic mass is 10.6. The van der Waals surface area contributed by atoms with Crippen LogP contribution in [0.15, 0.2) is 0 Å². The van der Waals surface area contributed by atoms with Crippen LogP contribution in [0.1, 0.15) is 0 Å². The van der Waals surface area contributed by atoms with E-state index in [1.165, 1.54) is 5.32 Å². The van der Waals surface area contributed by atoms with E-state index in [0.717, 1.165) is 0 Å². The van der Waals surface area contributed by atoms with Gasteiger partial charge in [-0.3, -0.25) is 5.32 Å². The predicted octanol–water partition coefficient (Wildman–Crippen LogP) is 1.11. The fourth-order valence-electron chi connectivity index (χ4n) is 0.285. The molecule has 1 nitrogen and oxygen atoms in total. The van der Waals surface area contributed by atoms with Crippen LogP contribution in [0, 0.1) is 0 Å². The normalized spacial score (nSPS) is 17.3. The first kappa shape index (κ1) is 8.68. The number of hydrogen-bond donors (Lipinski definition) is 1. The largest absolute Gasteiger partial charge is 0.253 e. The van der Waals surface area contributed by atoms with E-state index in [-0.39, 0.29) is 0 Å². The van der Waals surface area contributed by atoms with Crippen LogP contribution >= 0.6 is 0 Å². The third-order valence-corrected chi connectivity index (χ3v) is 0.633. The molecule has 0 aromatic carbocycles. The average molecular weight is 145 g/mol. The summed E-state index contributed by atoms with van der Waals surface area (Å²) in [4.78, 5) is 0. The maximum atomic E-state index is 11.7. The fraction of sp³-hybridized carbons (Fsp3) is 1.00. The van der Waals surface area contributed by atoms with Gasteiger partial charge in [-0.1, -0.05) is 0 Å². The molecular weight excluding hydrogens is 138 g/mol. The van der Waals surface area contributed by atoms with Gasteiger partial charge in [0.05, 0.1) is 0 Å². The zero-order chi connectivity index (χ0) is 7.28. The molecule has 0 heterocycles. The Morgan fingerprint density at radius 3 is 1.56 bits per heavy atom. The smallest absolute Gasteiger partial charge is 0.181 e. The van der Waals surface area contributed by atoms with Crippen molar-refractivity contribution in [3.8, 4) is 0 Å². The Kier molecular flexibility index (Phi) is 4.39. The molecule has 0 amide bonds. The van der Waals surface area contributed by atoms with E-state index in [4.69, 9.17) is 0 Å². The molecule has 2 atom stereocenters. The van der Waals surface area contributed by atoms with Crippen molar-refractivity contribution in [3.63, 3.8) is 0 Å². The minimum atomic E-state index is -2.10. The summed E-state index contributed by atoms with van der Waals surface area (Å²) in [6.45, 7) is -2.69. The summed E-state index contributed by atoms with van der Waals surface area (Å²) in [5.41, 5.74) is 0. The van der Waals surface area contributed by atoms with Gasteiger partial charge < -0.3 is 0 Å². The van der Waals surface area contributed by atoms with Gasteiger partial charge in [-0.2, -0.15) is 0 Å². The lowest BCUT2D eigenvalue weighted by Gasteiger charge is -2.07.